The monoisotopic (exact) mass is 480 g/mol. The number of anilines is 1. The molecule has 1 aliphatic heterocycles. The van der Waals surface area contributed by atoms with Crippen LogP contribution in [0.4, 0.5) is 19.0 Å². The van der Waals surface area contributed by atoms with Crippen LogP contribution in [0, 0.1) is 20.8 Å². The predicted molar refractivity (Wildman–Crippen MR) is 118 cm³/mol. The van der Waals surface area contributed by atoms with Gasteiger partial charge >= 0.3 is 6.18 Å². The normalized spacial score (nSPS) is 18.1. The molecular weight excluding hydrogens is 457 g/mol. The van der Waals surface area contributed by atoms with E-state index in [2.05, 4.69) is 20.8 Å². The highest BCUT2D eigenvalue weighted by atomic mass is 35.5. The van der Waals surface area contributed by atoms with Gasteiger partial charge in [0.15, 0.2) is 11.7 Å². The van der Waals surface area contributed by atoms with E-state index in [4.69, 9.17) is 11.6 Å². The molecule has 0 aliphatic carbocycles. The molecule has 11 heteroatoms. The van der Waals surface area contributed by atoms with Gasteiger partial charge in [-0.2, -0.15) is 23.4 Å². The minimum atomic E-state index is -4.56. The van der Waals surface area contributed by atoms with E-state index < -0.39 is 24.2 Å². The van der Waals surface area contributed by atoms with Crippen LogP contribution >= 0.6 is 11.6 Å². The summed E-state index contributed by atoms with van der Waals surface area (Å²) in [5.74, 6) is -0.672. The Morgan fingerprint density at radius 2 is 1.88 bits per heavy atom. The molecule has 1 amide bonds. The lowest BCUT2D eigenvalue weighted by Gasteiger charge is -2.33. The second kappa shape index (κ2) is 8.40. The number of alkyl halides is 3. The summed E-state index contributed by atoms with van der Waals surface area (Å²) in [6.07, 6.45) is -4.83. The number of hydrogen-bond donors (Lipinski definition) is 2. The SMILES string of the molecule is Cc1ccc(C2CC(C(F)(F)F)n3nc(C(=O)NCc4c(C)nn(C)c4C)c(Cl)c3N2)cc1. The smallest absolute Gasteiger partial charge is 0.362 e. The molecule has 0 bridgehead atoms. The topological polar surface area (TPSA) is 76.8 Å². The van der Waals surface area contributed by atoms with Gasteiger partial charge < -0.3 is 10.6 Å². The van der Waals surface area contributed by atoms with Crippen molar-refractivity contribution >= 4 is 23.3 Å². The summed E-state index contributed by atoms with van der Waals surface area (Å²) in [6.45, 7) is 5.75. The number of carbonyl (C=O) groups excluding carboxylic acids is 1. The van der Waals surface area contributed by atoms with Gasteiger partial charge in [-0.1, -0.05) is 41.4 Å². The minimum absolute atomic E-state index is 0.0188. The highest BCUT2D eigenvalue weighted by Gasteiger charge is 2.47. The Morgan fingerprint density at radius 3 is 2.45 bits per heavy atom. The second-order valence-electron chi connectivity index (χ2n) is 8.31. The Kier molecular flexibility index (Phi) is 5.90. The third kappa shape index (κ3) is 4.31. The summed E-state index contributed by atoms with van der Waals surface area (Å²) in [7, 11) is 1.79. The van der Waals surface area contributed by atoms with Gasteiger partial charge in [-0.3, -0.25) is 9.48 Å². The fourth-order valence-electron chi connectivity index (χ4n) is 4.08. The van der Waals surface area contributed by atoms with Crippen LogP contribution in [-0.4, -0.2) is 31.6 Å². The fraction of sp³-hybridized carbons (Fsp3) is 0.409. The van der Waals surface area contributed by atoms with Crippen LogP contribution in [-0.2, 0) is 13.6 Å². The van der Waals surface area contributed by atoms with Gasteiger partial charge in [-0.15, -0.1) is 0 Å². The summed E-state index contributed by atoms with van der Waals surface area (Å²) in [6, 6.07) is 4.71. The number of nitrogens with one attached hydrogen (secondary N) is 2. The van der Waals surface area contributed by atoms with Crippen LogP contribution in [0.3, 0.4) is 0 Å². The maximum absolute atomic E-state index is 13.9. The van der Waals surface area contributed by atoms with Gasteiger partial charge in [0.1, 0.15) is 10.8 Å². The Labute approximate surface area is 193 Å². The number of halogens is 4. The molecule has 2 atom stereocenters. The van der Waals surface area contributed by atoms with Crippen molar-refractivity contribution in [3.8, 4) is 0 Å². The molecule has 33 heavy (non-hydrogen) atoms. The quantitative estimate of drug-likeness (QED) is 0.563. The van der Waals surface area contributed by atoms with Crippen molar-refractivity contribution in [3.63, 3.8) is 0 Å². The lowest BCUT2D eigenvalue weighted by Crippen LogP contribution is -2.36. The largest absolute Gasteiger partial charge is 0.410 e. The van der Waals surface area contributed by atoms with Gasteiger partial charge in [-0.05, 0) is 26.3 Å². The molecule has 0 radical (unpaired) electrons. The van der Waals surface area contributed by atoms with E-state index in [1.807, 2.05) is 32.9 Å². The number of amides is 1. The van der Waals surface area contributed by atoms with Gasteiger partial charge in [0.25, 0.3) is 5.91 Å². The lowest BCUT2D eigenvalue weighted by atomic mass is 9.96. The Morgan fingerprint density at radius 1 is 1.21 bits per heavy atom. The van der Waals surface area contributed by atoms with Crippen molar-refractivity contribution in [2.45, 2.75) is 52.0 Å². The summed E-state index contributed by atoms with van der Waals surface area (Å²) in [5, 5.41) is 13.9. The lowest BCUT2D eigenvalue weighted by molar-refractivity contribution is -0.173. The van der Waals surface area contributed by atoms with Crippen molar-refractivity contribution in [2.24, 2.45) is 7.05 Å². The molecule has 2 aromatic heterocycles. The third-order valence-corrected chi connectivity index (χ3v) is 6.43. The molecule has 2 unspecified atom stereocenters. The zero-order valence-corrected chi connectivity index (χ0v) is 19.3. The number of nitrogens with zero attached hydrogens (tertiary/aromatic N) is 4. The highest BCUT2D eigenvalue weighted by molar-refractivity contribution is 6.36. The van der Waals surface area contributed by atoms with Crippen molar-refractivity contribution in [1.82, 2.24) is 24.9 Å². The number of aryl methyl sites for hydroxylation is 3. The molecule has 0 saturated heterocycles. The van der Waals surface area contributed by atoms with Gasteiger partial charge in [0.2, 0.25) is 0 Å². The fourth-order valence-corrected chi connectivity index (χ4v) is 4.34. The first-order valence-electron chi connectivity index (χ1n) is 10.4. The molecule has 7 nitrogen and oxygen atoms in total. The van der Waals surface area contributed by atoms with Gasteiger partial charge in [-0.25, -0.2) is 4.68 Å². The second-order valence-corrected chi connectivity index (χ2v) is 8.69. The van der Waals surface area contributed by atoms with E-state index in [0.29, 0.717) is 5.56 Å². The zero-order valence-electron chi connectivity index (χ0n) is 18.6. The Bertz CT molecular complexity index is 1200. The average Bonchev–Trinajstić information content (AvgIpc) is 3.21. The highest BCUT2D eigenvalue weighted by Crippen LogP contribution is 2.46. The van der Waals surface area contributed by atoms with E-state index in [-0.39, 0.29) is 29.5 Å². The van der Waals surface area contributed by atoms with Crippen molar-refractivity contribution in [1.29, 1.82) is 0 Å². The molecule has 4 rings (SSSR count). The first-order chi connectivity index (χ1) is 15.5. The van der Waals surface area contributed by atoms with E-state index in [9.17, 15) is 18.0 Å². The Balaban J connectivity index is 1.64. The van der Waals surface area contributed by atoms with Crippen LogP contribution in [0.2, 0.25) is 5.02 Å². The number of fused-ring (bicyclic) bond motifs is 1. The molecule has 1 aliphatic rings. The summed E-state index contributed by atoms with van der Waals surface area (Å²) >= 11 is 6.39. The van der Waals surface area contributed by atoms with E-state index in [1.165, 1.54) is 0 Å². The van der Waals surface area contributed by atoms with Crippen molar-refractivity contribution < 1.29 is 18.0 Å². The van der Waals surface area contributed by atoms with Crippen LogP contribution in [0.25, 0.3) is 0 Å². The van der Waals surface area contributed by atoms with Crippen molar-refractivity contribution in [3.05, 3.63) is 63.1 Å². The molecule has 0 spiro atoms. The van der Waals surface area contributed by atoms with Gasteiger partial charge in [0, 0.05) is 31.3 Å². The number of hydrogen-bond acceptors (Lipinski definition) is 4. The van der Waals surface area contributed by atoms with Crippen LogP contribution in [0.15, 0.2) is 24.3 Å². The van der Waals surface area contributed by atoms with Crippen molar-refractivity contribution in [2.75, 3.05) is 5.32 Å². The molecule has 2 N–H and O–H groups in total. The average molecular weight is 481 g/mol. The standard InChI is InChI=1S/C22H24ClF3N6O/c1-11-5-7-14(8-6-11)16-9-17(22(24,25)26)32-20(28-16)18(23)19(30-32)21(33)27-10-15-12(2)29-31(4)13(15)3/h5-8,16-17,28H,9-10H2,1-4H3,(H,27,33). The molecular formula is C22H24ClF3N6O. The molecule has 3 heterocycles. The molecule has 0 fully saturated rings. The van der Waals surface area contributed by atoms with Crippen LogP contribution in [0.1, 0.15) is 57.1 Å². The van der Waals surface area contributed by atoms with E-state index >= 15 is 0 Å². The van der Waals surface area contributed by atoms with Gasteiger partial charge in [0.05, 0.1) is 11.7 Å². The summed E-state index contributed by atoms with van der Waals surface area (Å²) < 4.78 is 44.3. The first kappa shape index (κ1) is 23.2. The third-order valence-electron chi connectivity index (χ3n) is 6.08. The maximum Gasteiger partial charge on any atom is 0.410 e. The summed E-state index contributed by atoms with van der Waals surface area (Å²) in [4.78, 5) is 12.8. The van der Waals surface area contributed by atoms with Crippen LogP contribution < -0.4 is 10.6 Å². The minimum Gasteiger partial charge on any atom is -0.362 e. The Hall–Kier alpha value is -3.01. The number of rotatable bonds is 4. The maximum atomic E-state index is 13.9. The van der Waals surface area contributed by atoms with E-state index in [0.717, 1.165) is 27.2 Å². The molecule has 3 aromatic rings. The molecule has 0 saturated carbocycles. The van der Waals surface area contributed by atoms with E-state index in [1.54, 1.807) is 23.9 Å². The number of aromatic nitrogens is 4. The number of benzene rings is 1. The zero-order chi connectivity index (χ0) is 24.1. The number of carbonyl (C=O) groups is 1. The molecule has 1 aromatic carbocycles. The molecule has 176 valence electrons. The predicted octanol–water partition coefficient (Wildman–Crippen LogP) is 4.79. The first-order valence-corrected chi connectivity index (χ1v) is 10.8. The summed E-state index contributed by atoms with van der Waals surface area (Å²) in [5.41, 5.74) is 3.91. The van der Waals surface area contributed by atoms with Crippen LogP contribution in [0.5, 0.6) is 0 Å².